The molecule has 1 N–H and O–H groups in total. The fraction of sp³-hybridized carbons (Fsp3) is 0.250. The van der Waals surface area contributed by atoms with Crippen LogP contribution >= 0.6 is 0 Å². The number of nitrogens with one attached hydrogen (secondary N) is 1. The Morgan fingerprint density at radius 3 is 2.33 bits per heavy atom. The van der Waals surface area contributed by atoms with Crippen molar-refractivity contribution in [1.82, 2.24) is 9.62 Å². The second-order valence-electron chi connectivity index (χ2n) is 6.16. The number of nitrogens with zero attached hydrogens (tertiary/aromatic N) is 1. The fourth-order valence-corrected chi connectivity index (χ4v) is 3.36. The molecule has 0 heterocycles. The maximum atomic E-state index is 12.2. The molecular formula is C20H24N2O4S. The van der Waals surface area contributed by atoms with E-state index < -0.39 is 10.0 Å². The van der Waals surface area contributed by atoms with Gasteiger partial charge in [-0.1, -0.05) is 30.3 Å². The maximum absolute atomic E-state index is 12.2. The van der Waals surface area contributed by atoms with Crippen LogP contribution in [0.5, 0.6) is 5.75 Å². The summed E-state index contributed by atoms with van der Waals surface area (Å²) in [5.74, 6) is 0.436. The number of benzene rings is 2. The highest BCUT2D eigenvalue weighted by atomic mass is 32.2. The highest BCUT2D eigenvalue weighted by Gasteiger charge is 2.17. The molecule has 0 aliphatic carbocycles. The molecular weight excluding hydrogens is 364 g/mol. The van der Waals surface area contributed by atoms with Gasteiger partial charge in [0.15, 0.2) is 0 Å². The van der Waals surface area contributed by atoms with Crippen LogP contribution in [-0.2, 0) is 14.8 Å². The largest absolute Gasteiger partial charge is 0.496 e. The third-order valence-corrected chi connectivity index (χ3v) is 5.90. The molecule has 144 valence electrons. The van der Waals surface area contributed by atoms with Crippen LogP contribution in [0.1, 0.15) is 24.1 Å². The minimum Gasteiger partial charge on any atom is -0.496 e. The van der Waals surface area contributed by atoms with Crippen LogP contribution in [0.25, 0.3) is 6.08 Å². The summed E-state index contributed by atoms with van der Waals surface area (Å²) in [5.41, 5.74) is 1.62. The molecule has 6 nitrogen and oxygen atoms in total. The van der Waals surface area contributed by atoms with Crippen LogP contribution in [0, 0.1) is 0 Å². The van der Waals surface area contributed by atoms with Crippen molar-refractivity contribution < 1.29 is 17.9 Å². The van der Waals surface area contributed by atoms with Crippen LogP contribution in [0.4, 0.5) is 0 Å². The SMILES string of the molecule is COc1ccccc1C=CC(=O)NC(C)c1ccc(S(=O)(=O)N(C)C)cc1. The number of hydrogen-bond donors (Lipinski definition) is 1. The monoisotopic (exact) mass is 388 g/mol. The van der Waals surface area contributed by atoms with Gasteiger partial charge >= 0.3 is 0 Å². The smallest absolute Gasteiger partial charge is 0.244 e. The summed E-state index contributed by atoms with van der Waals surface area (Å²) < 4.78 is 30.6. The van der Waals surface area contributed by atoms with Gasteiger partial charge in [0.25, 0.3) is 0 Å². The lowest BCUT2D eigenvalue weighted by molar-refractivity contribution is -0.117. The van der Waals surface area contributed by atoms with E-state index in [0.717, 1.165) is 15.4 Å². The molecule has 1 atom stereocenters. The standard InChI is InChI=1S/C20H24N2O4S/c1-15(16-9-12-18(13-10-16)27(24,25)22(2)3)21-20(23)14-11-17-7-5-6-8-19(17)26-4/h5-15H,1-4H3,(H,21,23). The second kappa shape index (κ2) is 8.83. The van der Waals surface area contributed by atoms with Crippen molar-refractivity contribution in [3.8, 4) is 5.75 Å². The van der Waals surface area contributed by atoms with Gasteiger partial charge in [-0.2, -0.15) is 0 Å². The number of carbonyl (C=O) groups is 1. The molecule has 0 saturated heterocycles. The Labute approximate surface area is 160 Å². The van der Waals surface area contributed by atoms with E-state index in [4.69, 9.17) is 4.74 Å². The molecule has 1 amide bonds. The zero-order chi connectivity index (χ0) is 20.0. The van der Waals surface area contributed by atoms with E-state index in [2.05, 4.69) is 5.32 Å². The van der Waals surface area contributed by atoms with Gasteiger partial charge < -0.3 is 10.1 Å². The van der Waals surface area contributed by atoms with Crippen LogP contribution in [0.2, 0.25) is 0 Å². The summed E-state index contributed by atoms with van der Waals surface area (Å²) in [6.07, 6.45) is 3.13. The van der Waals surface area contributed by atoms with Crippen molar-refractivity contribution in [2.45, 2.75) is 17.9 Å². The van der Waals surface area contributed by atoms with E-state index in [9.17, 15) is 13.2 Å². The molecule has 0 spiro atoms. The molecule has 2 aromatic carbocycles. The molecule has 0 bridgehead atoms. The van der Waals surface area contributed by atoms with Crippen molar-refractivity contribution in [2.75, 3.05) is 21.2 Å². The topological polar surface area (TPSA) is 75.7 Å². The molecule has 0 aromatic heterocycles. The minimum atomic E-state index is -3.47. The first-order valence-corrected chi connectivity index (χ1v) is 9.84. The van der Waals surface area contributed by atoms with E-state index in [-0.39, 0.29) is 16.8 Å². The second-order valence-corrected chi connectivity index (χ2v) is 8.31. The summed E-state index contributed by atoms with van der Waals surface area (Å²) in [6, 6.07) is 13.6. The summed E-state index contributed by atoms with van der Waals surface area (Å²) in [4.78, 5) is 12.4. The van der Waals surface area contributed by atoms with E-state index in [1.54, 1.807) is 25.3 Å². The van der Waals surface area contributed by atoms with Crippen LogP contribution in [-0.4, -0.2) is 39.8 Å². The van der Waals surface area contributed by atoms with Crippen molar-refractivity contribution in [3.63, 3.8) is 0 Å². The van der Waals surface area contributed by atoms with E-state index >= 15 is 0 Å². The Morgan fingerprint density at radius 2 is 1.74 bits per heavy atom. The van der Waals surface area contributed by atoms with Crippen LogP contribution in [0.15, 0.2) is 59.5 Å². The zero-order valence-corrected chi connectivity index (χ0v) is 16.7. The van der Waals surface area contributed by atoms with Crippen molar-refractivity contribution in [1.29, 1.82) is 0 Å². The molecule has 1 unspecified atom stereocenters. The molecule has 0 aliphatic heterocycles. The van der Waals surface area contributed by atoms with E-state index in [1.165, 1.54) is 32.3 Å². The van der Waals surface area contributed by atoms with Gasteiger partial charge in [-0.25, -0.2) is 12.7 Å². The first-order valence-electron chi connectivity index (χ1n) is 8.40. The Balaban J connectivity index is 2.05. The Hall–Kier alpha value is -2.64. The molecule has 2 rings (SSSR count). The highest BCUT2D eigenvalue weighted by molar-refractivity contribution is 7.89. The molecule has 27 heavy (non-hydrogen) atoms. The summed E-state index contributed by atoms with van der Waals surface area (Å²) >= 11 is 0. The number of methoxy groups -OCH3 is 1. The molecule has 0 fully saturated rings. The number of para-hydroxylation sites is 1. The quantitative estimate of drug-likeness (QED) is 0.740. The van der Waals surface area contributed by atoms with Crippen molar-refractivity contribution in [2.24, 2.45) is 0 Å². The third kappa shape index (κ3) is 5.18. The maximum Gasteiger partial charge on any atom is 0.244 e. The van der Waals surface area contributed by atoms with Gasteiger partial charge in [-0.3, -0.25) is 4.79 Å². The lowest BCUT2D eigenvalue weighted by Crippen LogP contribution is -2.25. The molecule has 0 radical (unpaired) electrons. The minimum absolute atomic E-state index is 0.214. The van der Waals surface area contributed by atoms with Gasteiger partial charge in [-0.15, -0.1) is 0 Å². The third-order valence-electron chi connectivity index (χ3n) is 4.07. The molecule has 0 saturated carbocycles. The van der Waals surface area contributed by atoms with E-state index in [1.807, 2.05) is 31.2 Å². The van der Waals surface area contributed by atoms with Crippen molar-refractivity contribution >= 4 is 22.0 Å². The normalized spacial score (nSPS) is 12.9. The number of sulfonamides is 1. The first kappa shape index (κ1) is 20.7. The predicted molar refractivity (Wildman–Crippen MR) is 106 cm³/mol. The van der Waals surface area contributed by atoms with Crippen LogP contribution < -0.4 is 10.1 Å². The lowest BCUT2D eigenvalue weighted by atomic mass is 10.1. The Bertz CT molecular complexity index is 919. The van der Waals surface area contributed by atoms with Gasteiger partial charge in [0, 0.05) is 25.7 Å². The van der Waals surface area contributed by atoms with Gasteiger partial charge in [0.1, 0.15) is 5.75 Å². The van der Waals surface area contributed by atoms with Gasteiger partial charge in [0.2, 0.25) is 15.9 Å². The average Bonchev–Trinajstić information content (AvgIpc) is 2.66. The summed E-state index contributed by atoms with van der Waals surface area (Å²) in [7, 11) is 1.09. The number of rotatable bonds is 7. The Morgan fingerprint density at radius 1 is 1.11 bits per heavy atom. The molecule has 7 heteroatoms. The number of amides is 1. The van der Waals surface area contributed by atoms with Gasteiger partial charge in [-0.05, 0) is 36.8 Å². The average molecular weight is 388 g/mol. The number of carbonyl (C=O) groups excluding carboxylic acids is 1. The number of hydrogen-bond acceptors (Lipinski definition) is 4. The Kier molecular flexibility index (Phi) is 6.76. The number of ether oxygens (including phenoxy) is 1. The predicted octanol–water partition coefficient (Wildman–Crippen LogP) is 2.84. The zero-order valence-electron chi connectivity index (χ0n) is 15.8. The summed E-state index contributed by atoms with van der Waals surface area (Å²) in [5, 5.41) is 2.86. The molecule has 0 aliphatic rings. The van der Waals surface area contributed by atoms with Crippen molar-refractivity contribution in [3.05, 3.63) is 65.7 Å². The lowest BCUT2D eigenvalue weighted by Gasteiger charge is -2.15. The van der Waals surface area contributed by atoms with Crippen LogP contribution in [0.3, 0.4) is 0 Å². The summed E-state index contributed by atoms with van der Waals surface area (Å²) in [6.45, 7) is 1.84. The molecule has 2 aromatic rings. The fourth-order valence-electron chi connectivity index (χ4n) is 2.45. The van der Waals surface area contributed by atoms with E-state index in [0.29, 0.717) is 5.75 Å². The highest BCUT2D eigenvalue weighted by Crippen LogP contribution is 2.20. The first-order chi connectivity index (χ1) is 12.8. The van der Waals surface area contributed by atoms with Gasteiger partial charge in [0.05, 0.1) is 18.0 Å².